The molecule has 7 N–H and O–H groups in total. The van der Waals surface area contributed by atoms with Gasteiger partial charge in [-0.05, 0) is 48.1 Å². The number of nitrogens with two attached hydrogens (primary N) is 2. The number of Topliss-reactive ketones (excluding diaryl/α,β-unsaturated/α-hetero) is 1. The SMILES string of the molecule is CC(C)(C)[C@H](c1cc(-c2cc(F)ccc2F)cn1Cc1ccccc1)N(CC[C@H](NC(=O)[C@@H](N)CC(N)=O)C(=O)NCCCC(=O)CN1C(=O)C=CC1=O)C(=O)CO. The molecular formula is C41H49F2N7O8. The zero-order chi connectivity index (χ0) is 42.7. The van der Waals surface area contributed by atoms with Crippen LogP contribution < -0.4 is 22.1 Å². The smallest absolute Gasteiger partial charge is 0.254 e. The minimum absolute atomic E-state index is 0.00997. The van der Waals surface area contributed by atoms with Crippen LogP contribution in [0.3, 0.4) is 0 Å². The van der Waals surface area contributed by atoms with Gasteiger partial charge in [-0.1, -0.05) is 51.1 Å². The molecule has 2 heterocycles. The van der Waals surface area contributed by atoms with Crippen LogP contribution in [-0.2, 0) is 40.1 Å². The monoisotopic (exact) mass is 805 g/mol. The largest absolute Gasteiger partial charge is 0.387 e. The van der Waals surface area contributed by atoms with Crippen molar-refractivity contribution in [1.29, 1.82) is 0 Å². The van der Waals surface area contributed by atoms with E-state index in [1.807, 2.05) is 55.7 Å². The van der Waals surface area contributed by atoms with Gasteiger partial charge in [0, 0.05) is 61.2 Å². The Bertz CT molecular complexity index is 2030. The van der Waals surface area contributed by atoms with Crippen molar-refractivity contribution in [2.24, 2.45) is 16.9 Å². The fourth-order valence-electron chi connectivity index (χ4n) is 6.69. The number of halogens is 2. The van der Waals surface area contributed by atoms with E-state index < -0.39 is 96.0 Å². The number of nitrogens with one attached hydrogen (secondary N) is 2. The quantitative estimate of drug-likeness (QED) is 0.0829. The molecule has 17 heteroatoms. The minimum atomic E-state index is -1.41. The van der Waals surface area contributed by atoms with Crippen LogP contribution in [0.2, 0.25) is 0 Å². The van der Waals surface area contributed by atoms with Crippen LogP contribution in [0, 0.1) is 17.0 Å². The van der Waals surface area contributed by atoms with Crippen LogP contribution in [0.5, 0.6) is 0 Å². The number of hydrogen-bond donors (Lipinski definition) is 5. The molecule has 2 aromatic carbocycles. The Morgan fingerprint density at radius 1 is 0.948 bits per heavy atom. The number of aliphatic hydroxyl groups is 1. The first-order valence-corrected chi connectivity index (χ1v) is 18.7. The van der Waals surface area contributed by atoms with Crippen molar-refractivity contribution in [3.63, 3.8) is 0 Å². The van der Waals surface area contributed by atoms with Crippen LogP contribution in [0.1, 0.15) is 63.8 Å². The fraction of sp³-hybridized carbons (Fsp3) is 0.390. The molecule has 0 radical (unpaired) electrons. The van der Waals surface area contributed by atoms with Gasteiger partial charge in [0.1, 0.15) is 24.3 Å². The van der Waals surface area contributed by atoms with Crippen molar-refractivity contribution in [3.8, 4) is 11.1 Å². The third kappa shape index (κ3) is 12.0. The zero-order valence-electron chi connectivity index (χ0n) is 32.6. The summed E-state index contributed by atoms with van der Waals surface area (Å²) in [7, 11) is 0. The van der Waals surface area contributed by atoms with Gasteiger partial charge in [-0.3, -0.25) is 38.5 Å². The summed E-state index contributed by atoms with van der Waals surface area (Å²) >= 11 is 0. The first-order chi connectivity index (χ1) is 27.4. The molecule has 1 aliphatic rings. The van der Waals surface area contributed by atoms with Crippen molar-refractivity contribution < 1.29 is 47.4 Å². The summed E-state index contributed by atoms with van der Waals surface area (Å²) in [6.45, 7) is 4.17. The number of hydrogen-bond acceptors (Lipinski definition) is 9. The third-order valence-corrected chi connectivity index (χ3v) is 9.45. The fourth-order valence-corrected chi connectivity index (χ4v) is 6.69. The second kappa shape index (κ2) is 19.9. The molecule has 0 unspecified atom stereocenters. The summed E-state index contributed by atoms with van der Waals surface area (Å²) in [6, 6.07) is 10.4. The Labute approximate surface area is 334 Å². The number of rotatable bonds is 20. The van der Waals surface area contributed by atoms with Gasteiger partial charge < -0.3 is 36.7 Å². The lowest BCUT2D eigenvalue weighted by Gasteiger charge is -2.41. The minimum Gasteiger partial charge on any atom is -0.387 e. The summed E-state index contributed by atoms with van der Waals surface area (Å²) < 4.78 is 31.4. The normalized spacial score (nSPS) is 14.2. The van der Waals surface area contributed by atoms with Gasteiger partial charge in [0.15, 0.2) is 5.78 Å². The van der Waals surface area contributed by atoms with Gasteiger partial charge in [-0.15, -0.1) is 0 Å². The molecule has 0 spiro atoms. The van der Waals surface area contributed by atoms with E-state index in [9.17, 15) is 43.1 Å². The van der Waals surface area contributed by atoms with Crippen LogP contribution in [-0.4, -0.2) is 99.0 Å². The molecule has 0 fully saturated rings. The number of imide groups is 1. The van der Waals surface area contributed by atoms with Crippen LogP contribution in [0.15, 0.2) is 72.9 Å². The maximum absolute atomic E-state index is 15.2. The molecule has 1 aromatic heterocycles. The number of nitrogens with zero attached hydrogens (tertiary/aromatic N) is 3. The Morgan fingerprint density at radius 3 is 2.24 bits per heavy atom. The Balaban J connectivity index is 1.63. The summed E-state index contributed by atoms with van der Waals surface area (Å²) in [5.74, 6) is -6.14. The molecular weight excluding hydrogens is 756 g/mol. The second-order valence-electron chi connectivity index (χ2n) is 15.1. The summed E-state index contributed by atoms with van der Waals surface area (Å²) in [4.78, 5) is 90.1. The number of aromatic nitrogens is 1. The number of amides is 6. The van der Waals surface area contributed by atoms with Crippen molar-refractivity contribution >= 4 is 41.2 Å². The van der Waals surface area contributed by atoms with E-state index in [4.69, 9.17) is 11.5 Å². The average molecular weight is 806 g/mol. The van der Waals surface area contributed by atoms with Crippen LogP contribution >= 0.6 is 0 Å². The van der Waals surface area contributed by atoms with E-state index >= 15 is 4.39 Å². The van der Waals surface area contributed by atoms with Crippen molar-refractivity contribution in [3.05, 3.63) is 95.8 Å². The number of carbonyl (C=O) groups excluding carboxylic acids is 7. The molecule has 3 aromatic rings. The molecule has 3 atom stereocenters. The Kier molecular flexibility index (Phi) is 15.3. The molecule has 58 heavy (non-hydrogen) atoms. The molecule has 0 aliphatic carbocycles. The number of carbonyl (C=O) groups is 7. The molecule has 1 aliphatic heterocycles. The van der Waals surface area contributed by atoms with Gasteiger partial charge in [-0.2, -0.15) is 0 Å². The number of ketones is 1. The Morgan fingerprint density at radius 2 is 1.62 bits per heavy atom. The molecule has 15 nitrogen and oxygen atoms in total. The van der Waals surface area contributed by atoms with Crippen LogP contribution in [0.4, 0.5) is 8.78 Å². The number of aliphatic hydroxyl groups excluding tert-OH is 1. The standard InChI is InChI=1S/C41H49F2N7O8/c1-41(2,3)38(33-18-26(29-19-27(42)11-12-30(29)43)22-48(33)21-25-8-5-4-6-9-25)49(37(56)24-51)17-15-32(47-39(57)31(44)20-34(45)53)40(58)46-16-7-10-28(52)23-50-35(54)13-14-36(50)55/h4-6,8-9,11-14,18-19,22,31-32,38,51H,7,10,15-17,20-21,23-24,44H2,1-3H3,(H2,45,53)(H,46,58)(H,47,57)/t31-,32-,38-/m0/s1. The van der Waals surface area contributed by atoms with Crippen LogP contribution in [0.25, 0.3) is 11.1 Å². The predicted molar refractivity (Wildman–Crippen MR) is 208 cm³/mol. The highest BCUT2D eigenvalue weighted by Gasteiger charge is 2.38. The van der Waals surface area contributed by atoms with Gasteiger partial charge in [0.05, 0.1) is 25.0 Å². The number of benzene rings is 2. The molecule has 310 valence electrons. The van der Waals surface area contributed by atoms with E-state index in [0.717, 1.165) is 40.8 Å². The van der Waals surface area contributed by atoms with E-state index in [1.165, 1.54) is 4.90 Å². The third-order valence-electron chi connectivity index (χ3n) is 9.45. The lowest BCUT2D eigenvalue weighted by Crippen LogP contribution is -2.54. The van der Waals surface area contributed by atoms with E-state index in [2.05, 4.69) is 10.6 Å². The second-order valence-corrected chi connectivity index (χ2v) is 15.1. The lowest BCUT2D eigenvalue weighted by atomic mass is 9.82. The molecule has 0 bridgehead atoms. The Hall–Kier alpha value is -6.07. The maximum atomic E-state index is 15.2. The summed E-state index contributed by atoms with van der Waals surface area (Å²) in [6.07, 6.45) is 3.05. The molecule has 0 saturated carbocycles. The van der Waals surface area contributed by atoms with E-state index in [1.54, 1.807) is 12.3 Å². The molecule has 0 saturated heterocycles. The van der Waals surface area contributed by atoms with E-state index in [-0.39, 0.29) is 44.5 Å². The molecule has 6 amide bonds. The average Bonchev–Trinajstić information content (AvgIpc) is 3.71. The van der Waals surface area contributed by atoms with Crippen molar-refractivity contribution in [2.75, 3.05) is 26.2 Å². The first-order valence-electron chi connectivity index (χ1n) is 18.7. The highest BCUT2D eigenvalue weighted by atomic mass is 19.1. The van der Waals surface area contributed by atoms with E-state index in [0.29, 0.717) is 11.3 Å². The van der Waals surface area contributed by atoms with Crippen molar-refractivity contribution in [1.82, 2.24) is 25.0 Å². The molecule has 4 rings (SSSR count). The summed E-state index contributed by atoms with van der Waals surface area (Å²) in [5.41, 5.74) is 12.0. The number of primary amides is 1. The first kappa shape index (κ1) is 44.6. The highest BCUT2D eigenvalue weighted by Crippen LogP contribution is 2.41. The predicted octanol–water partition coefficient (Wildman–Crippen LogP) is 1.86. The lowest BCUT2D eigenvalue weighted by molar-refractivity contribution is -0.141. The maximum Gasteiger partial charge on any atom is 0.254 e. The highest BCUT2D eigenvalue weighted by molar-refractivity contribution is 6.14. The van der Waals surface area contributed by atoms with Gasteiger partial charge >= 0.3 is 0 Å². The summed E-state index contributed by atoms with van der Waals surface area (Å²) in [5, 5.41) is 15.4. The van der Waals surface area contributed by atoms with Crippen molar-refractivity contribution in [2.45, 2.75) is 71.1 Å². The van der Waals surface area contributed by atoms with Gasteiger partial charge in [0.25, 0.3) is 11.8 Å². The van der Waals surface area contributed by atoms with Gasteiger partial charge in [0.2, 0.25) is 23.6 Å². The topological polar surface area (TPSA) is 227 Å². The van der Waals surface area contributed by atoms with Gasteiger partial charge in [-0.25, -0.2) is 8.78 Å². The zero-order valence-corrected chi connectivity index (χ0v) is 32.6.